The average Bonchev–Trinajstić information content (AvgIpc) is 3.34. The number of carboxylic acids is 1. The van der Waals surface area contributed by atoms with Crippen LogP contribution in [0.15, 0.2) is 71.3 Å². The third kappa shape index (κ3) is 5.63. The van der Waals surface area contributed by atoms with Crippen molar-refractivity contribution < 1.29 is 27.6 Å². The van der Waals surface area contributed by atoms with Gasteiger partial charge in [-0.3, -0.25) is 4.79 Å². The lowest BCUT2D eigenvalue weighted by Crippen LogP contribution is -2.34. The number of nitrogens with one attached hydrogen (secondary N) is 1. The summed E-state index contributed by atoms with van der Waals surface area (Å²) in [6.07, 6.45) is -4.00. The van der Waals surface area contributed by atoms with Crippen LogP contribution in [0.3, 0.4) is 0 Å². The van der Waals surface area contributed by atoms with Crippen molar-refractivity contribution in [1.82, 2.24) is 15.5 Å². The SMILES string of the molecule is Cc1ccccc1-c1ccc(-c2nc(-c3cccc(CCNC(C)C(=O)O)c3)no2)cc1C(F)(F)F. The molecule has 1 atom stereocenters. The van der Waals surface area contributed by atoms with E-state index in [4.69, 9.17) is 9.63 Å². The highest BCUT2D eigenvalue weighted by Crippen LogP contribution is 2.40. The number of aryl methyl sites for hydroxylation is 1. The third-order valence-corrected chi connectivity index (χ3v) is 5.85. The Hall–Kier alpha value is -3.98. The summed E-state index contributed by atoms with van der Waals surface area (Å²) in [6, 6.07) is 17.6. The van der Waals surface area contributed by atoms with Crippen LogP contribution in [0.25, 0.3) is 34.0 Å². The van der Waals surface area contributed by atoms with Crippen LogP contribution in [0.4, 0.5) is 13.2 Å². The molecule has 0 spiro atoms. The van der Waals surface area contributed by atoms with Crippen molar-refractivity contribution in [3.05, 3.63) is 83.4 Å². The third-order valence-electron chi connectivity index (χ3n) is 5.85. The van der Waals surface area contributed by atoms with E-state index in [2.05, 4.69) is 15.5 Å². The molecular formula is C27H24F3N3O3. The van der Waals surface area contributed by atoms with Crippen LogP contribution in [-0.4, -0.2) is 33.8 Å². The molecule has 0 bridgehead atoms. The summed E-state index contributed by atoms with van der Waals surface area (Å²) in [6.45, 7) is 3.80. The molecule has 0 amide bonds. The standard InChI is InChI=1S/C27H24F3N3O3/c1-16-6-3-4-9-21(16)22-11-10-20(15-23(22)27(28,29)30)25-32-24(33-36-25)19-8-5-7-18(14-19)12-13-31-17(2)26(34)35/h3-11,14-15,17,31H,12-13H2,1-2H3,(H,34,35). The molecule has 4 aromatic rings. The summed E-state index contributed by atoms with van der Waals surface area (Å²) in [5.74, 6) is -0.701. The molecule has 0 saturated carbocycles. The number of alkyl halides is 3. The summed E-state index contributed by atoms with van der Waals surface area (Å²) < 4.78 is 47.2. The van der Waals surface area contributed by atoms with Gasteiger partial charge < -0.3 is 14.9 Å². The number of nitrogens with zero attached hydrogens (tertiary/aromatic N) is 2. The molecule has 6 nitrogen and oxygen atoms in total. The van der Waals surface area contributed by atoms with Crippen molar-refractivity contribution in [2.24, 2.45) is 0 Å². The van der Waals surface area contributed by atoms with Gasteiger partial charge in [0.1, 0.15) is 6.04 Å². The van der Waals surface area contributed by atoms with E-state index < -0.39 is 23.8 Å². The van der Waals surface area contributed by atoms with Gasteiger partial charge in [0, 0.05) is 11.1 Å². The lowest BCUT2D eigenvalue weighted by molar-refractivity contribution is -0.139. The fourth-order valence-electron chi connectivity index (χ4n) is 3.87. The van der Waals surface area contributed by atoms with Crippen molar-refractivity contribution in [2.75, 3.05) is 6.54 Å². The largest absolute Gasteiger partial charge is 0.480 e. The van der Waals surface area contributed by atoms with Crippen LogP contribution in [0.5, 0.6) is 0 Å². The minimum atomic E-state index is -4.57. The first kappa shape index (κ1) is 25.1. The van der Waals surface area contributed by atoms with E-state index in [1.54, 1.807) is 56.3 Å². The Kier molecular flexibility index (Phi) is 7.21. The Balaban J connectivity index is 1.60. The maximum absolute atomic E-state index is 14.0. The van der Waals surface area contributed by atoms with E-state index in [1.165, 1.54) is 6.07 Å². The normalized spacial score (nSPS) is 12.5. The number of carbonyl (C=O) groups is 1. The minimum Gasteiger partial charge on any atom is -0.480 e. The second-order valence-electron chi connectivity index (χ2n) is 8.46. The van der Waals surface area contributed by atoms with Gasteiger partial charge in [-0.2, -0.15) is 18.2 Å². The van der Waals surface area contributed by atoms with E-state index in [-0.39, 0.29) is 22.8 Å². The average molecular weight is 496 g/mol. The quantitative estimate of drug-likeness (QED) is 0.312. The summed E-state index contributed by atoms with van der Waals surface area (Å²) in [5, 5.41) is 15.8. The first-order valence-electron chi connectivity index (χ1n) is 11.3. The lowest BCUT2D eigenvalue weighted by Gasteiger charge is -2.15. The van der Waals surface area contributed by atoms with Crippen LogP contribution in [0.2, 0.25) is 0 Å². The smallest absolute Gasteiger partial charge is 0.417 e. The number of hydrogen-bond donors (Lipinski definition) is 2. The highest BCUT2D eigenvalue weighted by Gasteiger charge is 2.34. The van der Waals surface area contributed by atoms with Gasteiger partial charge in [-0.05, 0) is 67.3 Å². The molecule has 3 aromatic carbocycles. The van der Waals surface area contributed by atoms with Gasteiger partial charge in [-0.1, -0.05) is 53.7 Å². The molecule has 36 heavy (non-hydrogen) atoms. The van der Waals surface area contributed by atoms with E-state index in [1.807, 2.05) is 12.1 Å². The molecule has 0 aliphatic heterocycles. The van der Waals surface area contributed by atoms with Crippen LogP contribution >= 0.6 is 0 Å². The van der Waals surface area contributed by atoms with Crippen LogP contribution in [0, 0.1) is 6.92 Å². The van der Waals surface area contributed by atoms with E-state index in [0.717, 1.165) is 17.2 Å². The molecule has 0 aliphatic rings. The minimum absolute atomic E-state index is 0.0193. The second-order valence-corrected chi connectivity index (χ2v) is 8.46. The predicted molar refractivity (Wildman–Crippen MR) is 129 cm³/mol. The first-order valence-corrected chi connectivity index (χ1v) is 11.3. The molecule has 2 N–H and O–H groups in total. The van der Waals surface area contributed by atoms with E-state index in [9.17, 15) is 18.0 Å². The first-order chi connectivity index (χ1) is 17.1. The number of hydrogen-bond acceptors (Lipinski definition) is 5. The number of carboxylic acid groups (broad SMARTS) is 1. The number of benzene rings is 3. The molecule has 0 aliphatic carbocycles. The molecule has 0 radical (unpaired) electrons. The summed E-state index contributed by atoms with van der Waals surface area (Å²) in [4.78, 5) is 15.3. The molecule has 4 rings (SSSR count). The zero-order valence-electron chi connectivity index (χ0n) is 19.6. The predicted octanol–water partition coefficient (Wildman–Crippen LogP) is 6.00. The number of aromatic nitrogens is 2. The van der Waals surface area contributed by atoms with E-state index in [0.29, 0.717) is 24.1 Å². The van der Waals surface area contributed by atoms with Crippen molar-refractivity contribution >= 4 is 5.97 Å². The molecule has 1 aromatic heterocycles. The molecule has 186 valence electrons. The Morgan fingerprint density at radius 2 is 1.81 bits per heavy atom. The summed E-state index contributed by atoms with van der Waals surface area (Å²) >= 11 is 0. The lowest BCUT2D eigenvalue weighted by atomic mass is 9.94. The molecule has 0 saturated heterocycles. The van der Waals surface area contributed by atoms with Crippen LogP contribution in [-0.2, 0) is 17.4 Å². The Bertz CT molecular complexity index is 1380. The highest BCUT2D eigenvalue weighted by molar-refractivity contribution is 5.75. The zero-order valence-corrected chi connectivity index (χ0v) is 19.6. The fraction of sp³-hybridized carbons (Fsp3) is 0.222. The number of halogens is 3. The van der Waals surface area contributed by atoms with E-state index >= 15 is 0 Å². The maximum atomic E-state index is 14.0. The Morgan fingerprint density at radius 1 is 1.03 bits per heavy atom. The van der Waals surface area contributed by atoms with Crippen molar-refractivity contribution in [3.63, 3.8) is 0 Å². The highest BCUT2D eigenvalue weighted by atomic mass is 19.4. The molecule has 9 heteroatoms. The number of rotatable bonds is 8. The Labute approximate surface area is 205 Å². The maximum Gasteiger partial charge on any atom is 0.417 e. The second kappa shape index (κ2) is 10.3. The zero-order chi connectivity index (χ0) is 25.9. The van der Waals surface area contributed by atoms with Crippen molar-refractivity contribution in [3.8, 4) is 34.0 Å². The van der Waals surface area contributed by atoms with Gasteiger partial charge in [-0.25, -0.2) is 0 Å². The van der Waals surface area contributed by atoms with Gasteiger partial charge >= 0.3 is 12.1 Å². The van der Waals surface area contributed by atoms with Crippen molar-refractivity contribution in [2.45, 2.75) is 32.5 Å². The van der Waals surface area contributed by atoms with Gasteiger partial charge in [0.2, 0.25) is 5.82 Å². The van der Waals surface area contributed by atoms with Gasteiger partial charge in [0.25, 0.3) is 5.89 Å². The topological polar surface area (TPSA) is 88.2 Å². The Morgan fingerprint density at radius 3 is 2.53 bits per heavy atom. The van der Waals surface area contributed by atoms with Crippen LogP contribution in [0.1, 0.15) is 23.6 Å². The molecule has 0 fully saturated rings. The fourth-order valence-corrected chi connectivity index (χ4v) is 3.87. The van der Waals surface area contributed by atoms with Gasteiger partial charge in [-0.15, -0.1) is 0 Å². The van der Waals surface area contributed by atoms with Gasteiger partial charge in [0.05, 0.1) is 5.56 Å². The van der Waals surface area contributed by atoms with Crippen LogP contribution < -0.4 is 5.32 Å². The summed E-state index contributed by atoms with van der Waals surface area (Å²) in [7, 11) is 0. The molecular weight excluding hydrogens is 471 g/mol. The van der Waals surface area contributed by atoms with Gasteiger partial charge in [0.15, 0.2) is 0 Å². The van der Waals surface area contributed by atoms with Crippen molar-refractivity contribution in [1.29, 1.82) is 0 Å². The summed E-state index contributed by atoms with van der Waals surface area (Å²) in [5.41, 5.74) is 2.28. The monoisotopic (exact) mass is 495 g/mol. The number of aliphatic carboxylic acids is 1. The molecule has 1 heterocycles. The molecule has 1 unspecified atom stereocenters.